The summed E-state index contributed by atoms with van der Waals surface area (Å²) in [4.78, 5) is 17.1. The van der Waals surface area contributed by atoms with Crippen LogP contribution >= 0.6 is 0 Å². The number of rotatable bonds is 8. The first-order chi connectivity index (χ1) is 16.5. The molecule has 3 atom stereocenters. The van der Waals surface area contributed by atoms with Crippen LogP contribution in [0.1, 0.15) is 24.2 Å². The fourth-order valence-corrected chi connectivity index (χ4v) is 5.17. The molecule has 0 spiro atoms. The summed E-state index contributed by atoms with van der Waals surface area (Å²) in [6, 6.07) is 11.2. The third-order valence-electron chi connectivity index (χ3n) is 6.37. The monoisotopic (exact) mass is 505 g/mol. The van der Waals surface area contributed by atoms with Crippen molar-refractivity contribution in [3.63, 3.8) is 0 Å². The van der Waals surface area contributed by atoms with Crippen LogP contribution < -0.4 is 14.4 Å². The Bertz CT molecular complexity index is 1140. The fraction of sp³-hybridized carbons (Fsp3) is 0.480. The van der Waals surface area contributed by atoms with Crippen molar-refractivity contribution >= 4 is 21.6 Å². The van der Waals surface area contributed by atoms with E-state index in [0.717, 1.165) is 5.69 Å². The van der Waals surface area contributed by atoms with Crippen LogP contribution in [0.3, 0.4) is 0 Å². The van der Waals surface area contributed by atoms with Crippen LogP contribution in [0.2, 0.25) is 0 Å². The number of aliphatic hydroxyl groups is 1. The Morgan fingerprint density at radius 2 is 1.83 bits per heavy atom. The van der Waals surface area contributed by atoms with E-state index in [2.05, 4.69) is 0 Å². The van der Waals surface area contributed by atoms with E-state index in [1.807, 2.05) is 32.0 Å². The molecular formula is C25H35N3O6S. The van der Waals surface area contributed by atoms with Crippen molar-refractivity contribution in [2.45, 2.75) is 30.9 Å². The predicted octanol–water partition coefficient (Wildman–Crippen LogP) is 2.30. The van der Waals surface area contributed by atoms with Gasteiger partial charge in [-0.1, -0.05) is 6.92 Å². The van der Waals surface area contributed by atoms with Gasteiger partial charge in [0.2, 0.25) is 10.0 Å². The molecule has 0 saturated carbocycles. The Morgan fingerprint density at radius 1 is 1.17 bits per heavy atom. The Kier molecular flexibility index (Phi) is 8.30. The van der Waals surface area contributed by atoms with Crippen LogP contribution in [-0.4, -0.2) is 88.7 Å². The molecule has 1 N–H and O–H groups in total. The van der Waals surface area contributed by atoms with Gasteiger partial charge in [0, 0.05) is 39.3 Å². The highest BCUT2D eigenvalue weighted by molar-refractivity contribution is 7.89. The minimum absolute atomic E-state index is 0.0833. The molecule has 0 saturated heterocycles. The van der Waals surface area contributed by atoms with Gasteiger partial charge >= 0.3 is 0 Å². The van der Waals surface area contributed by atoms with Gasteiger partial charge in [-0.2, -0.15) is 4.31 Å². The number of nitrogens with zero attached hydrogens (tertiary/aromatic N) is 3. The number of ether oxygens (including phenoxy) is 2. The lowest BCUT2D eigenvalue weighted by Crippen LogP contribution is -2.50. The first kappa shape index (κ1) is 26.8. The topological polar surface area (TPSA) is 99.6 Å². The molecule has 0 aromatic heterocycles. The molecule has 3 rings (SSSR count). The zero-order valence-electron chi connectivity index (χ0n) is 21.1. The number of carbonyl (C=O) groups is 1. The van der Waals surface area contributed by atoms with E-state index in [0.29, 0.717) is 23.6 Å². The number of aliphatic hydroxyl groups excluding tert-OH is 1. The molecule has 0 radical (unpaired) electrons. The first-order valence-electron chi connectivity index (χ1n) is 11.5. The zero-order chi connectivity index (χ0) is 25.9. The van der Waals surface area contributed by atoms with Gasteiger partial charge in [0.25, 0.3) is 5.91 Å². The van der Waals surface area contributed by atoms with Crippen molar-refractivity contribution in [1.29, 1.82) is 0 Å². The molecule has 2 aromatic carbocycles. The standard InChI is InChI=1S/C25H35N3O6S/c1-17-14-28(18(2)16-29)25(30)22-13-19(26(3)4)7-12-23(22)34-24(17)15-27(5)35(31,32)21-10-8-20(33-6)9-11-21/h7-13,17-18,24,29H,14-16H2,1-6H3/t17-,18+,24-/m0/s1. The van der Waals surface area contributed by atoms with Gasteiger partial charge in [0.15, 0.2) is 0 Å². The molecule has 10 heteroatoms. The minimum atomic E-state index is -3.78. The maximum Gasteiger partial charge on any atom is 0.258 e. The number of likely N-dealkylation sites (N-methyl/N-ethyl adjacent to an activating group) is 1. The quantitative estimate of drug-likeness (QED) is 0.588. The Balaban J connectivity index is 1.95. The number of sulfonamides is 1. The van der Waals surface area contributed by atoms with Crippen LogP contribution in [0.5, 0.6) is 11.5 Å². The third kappa shape index (κ3) is 5.71. The minimum Gasteiger partial charge on any atom is -0.497 e. The fourth-order valence-electron chi connectivity index (χ4n) is 3.99. The van der Waals surface area contributed by atoms with Crippen LogP contribution in [0.25, 0.3) is 0 Å². The van der Waals surface area contributed by atoms with Crippen molar-refractivity contribution in [3.05, 3.63) is 48.0 Å². The zero-order valence-corrected chi connectivity index (χ0v) is 21.9. The maximum absolute atomic E-state index is 13.4. The normalized spacial score (nSPS) is 19.4. The Labute approximate surface area is 207 Å². The predicted molar refractivity (Wildman–Crippen MR) is 135 cm³/mol. The average molecular weight is 506 g/mol. The molecule has 192 valence electrons. The second-order valence-corrected chi connectivity index (χ2v) is 11.2. The Morgan fingerprint density at radius 3 is 2.40 bits per heavy atom. The summed E-state index contributed by atoms with van der Waals surface area (Å²) in [6.07, 6.45) is -0.529. The molecule has 0 fully saturated rings. The molecule has 1 aliphatic rings. The van der Waals surface area contributed by atoms with Gasteiger partial charge in [0.05, 0.1) is 36.8 Å². The summed E-state index contributed by atoms with van der Waals surface area (Å²) in [5.74, 6) is 0.528. The van der Waals surface area contributed by atoms with Gasteiger partial charge in [-0.3, -0.25) is 4.79 Å². The van der Waals surface area contributed by atoms with Crippen molar-refractivity contribution in [3.8, 4) is 11.5 Å². The second kappa shape index (κ2) is 10.8. The number of anilines is 1. The van der Waals surface area contributed by atoms with E-state index in [1.165, 1.54) is 30.6 Å². The smallest absolute Gasteiger partial charge is 0.258 e. The summed E-state index contributed by atoms with van der Waals surface area (Å²) in [5.41, 5.74) is 1.22. The summed E-state index contributed by atoms with van der Waals surface area (Å²) in [7, 11) is 3.03. The number of carbonyl (C=O) groups excluding carboxylic acids is 1. The largest absolute Gasteiger partial charge is 0.497 e. The molecule has 1 aliphatic heterocycles. The van der Waals surface area contributed by atoms with E-state index >= 15 is 0 Å². The average Bonchev–Trinajstić information content (AvgIpc) is 2.85. The molecular weight excluding hydrogens is 470 g/mol. The number of methoxy groups -OCH3 is 1. The first-order valence-corrected chi connectivity index (χ1v) is 12.9. The van der Waals surface area contributed by atoms with Crippen molar-refractivity contribution in [1.82, 2.24) is 9.21 Å². The molecule has 2 aromatic rings. The molecule has 1 amide bonds. The molecule has 0 bridgehead atoms. The van der Waals surface area contributed by atoms with Crippen LogP contribution in [0.4, 0.5) is 5.69 Å². The van der Waals surface area contributed by atoms with E-state index < -0.39 is 22.2 Å². The van der Waals surface area contributed by atoms with E-state index in [9.17, 15) is 18.3 Å². The van der Waals surface area contributed by atoms with Gasteiger partial charge in [0.1, 0.15) is 17.6 Å². The van der Waals surface area contributed by atoms with Gasteiger partial charge < -0.3 is 24.4 Å². The summed E-state index contributed by atoms with van der Waals surface area (Å²) in [5, 5.41) is 9.80. The van der Waals surface area contributed by atoms with E-state index in [1.54, 1.807) is 36.1 Å². The highest BCUT2D eigenvalue weighted by Gasteiger charge is 2.35. The van der Waals surface area contributed by atoms with Crippen LogP contribution in [-0.2, 0) is 10.0 Å². The van der Waals surface area contributed by atoms with E-state index in [4.69, 9.17) is 9.47 Å². The summed E-state index contributed by atoms with van der Waals surface area (Å²) >= 11 is 0. The van der Waals surface area contributed by atoms with Crippen LogP contribution in [0.15, 0.2) is 47.4 Å². The van der Waals surface area contributed by atoms with E-state index in [-0.39, 0.29) is 29.9 Å². The SMILES string of the molecule is COc1ccc(S(=O)(=O)N(C)C[C@@H]2Oc3ccc(N(C)C)cc3C(=O)N([C@H](C)CO)C[C@@H]2C)cc1. The number of fused-ring (bicyclic) bond motifs is 1. The second-order valence-electron chi connectivity index (χ2n) is 9.16. The van der Waals surface area contributed by atoms with Crippen LogP contribution in [0, 0.1) is 5.92 Å². The highest BCUT2D eigenvalue weighted by atomic mass is 32.2. The third-order valence-corrected chi connectivity index (χ3v) is 8.21. The highest BCUT2D eigenvalue weighted by Crippen LogP contribution is 2.31. The van der Waals surface area contributed by atoms with Crippen molar-refractivity contribution < 1.29 is 27.8 Å². The number of benzene rings is 2. The summed E-state index contributed by atoms with van der Waals surface area (Å²) in [6.45, 7) is 3.92. The number of hydrogen-bond acceptors (Lipinski definition) is 7. The van der Waals surface area contributed by atoms with Gasteiger partial charge in [-0.05, 0) is 49.4 Å². The van der Waals surface area contributed by atoms with Crippen molar-refractivity contribution in [2.24, 2.45) is 5.92 Å². The molecule has 35 heavy (non-hydrogen) atoms. The molecule has 1 heterocycles. The van der Waals surface area contributed by atoms with Gasteiger partial charge in [-0.15, -0.1) is 0 Å². The molecule has 0 unspecified atom stereocenters. The maximum atomic E-state index is 13.4. The lowest BCUT2D eigenvalue weighted by atomic mass is 9.99. The molecule has 9 nitrogen and oxygen atoms in total. The number of hydrogen-bond donors (Lipinski definition) is 1. The number of amides is 1. The lowest BCUT2D eigenvalue weighted by molar-refractivity contribution is 0.0387. The lowest BCUT2D eigenvalue weighted by Gasteiger charge is -2.38. The molecule has 0 aliphatic carbocycles. The Hall–Kier alpha value is -2.82. The van der Waals surface area contributed by atoms with Crippen molar-refractivity contribution in [2.75, 3.05) is 52.8 Å². The summed E-state index contributed by atoms with van der Waals surface area (Å²) < 4.78 is 39.2. The van der Waals surface area contributed by atoms with Gasteiger partial charge in [-0.25, -0.2) is 8.42 Å².